The third kappa shape index (κ3) is 4.45. The molecule has 80 valence electrons. The molecule has 1 aromatic carbocycles. The van der Waals surface area contributed by atoms with E-state index >= 15 is 0 Å². The van der Waals surface area contributed by atoms with Gasteiger partial charge in [0.2, 0.25) is 0 Å². The average Bonchev–Trinajstić information content (AvgIpc) is 2.25. The normalized spacial score (nSPS) is 9.87. The summed E-state index contributed by atoms with van der Waals surface area (Å²) < 4.78 is 0. The van der Waals surface area contributed by atoms with Gasteiger partial charge < -0.3 is 5.11 Å². The summed E-state index contributed by atoms with van der Waals surface area (Å²) >= 11 is 0. The van der Waals surface area contributed by atoms with E-state index in [1.807, 2.05) is 18.2 Å². The van der Waals surface area contributed by atoms with Crippen LogP contribution in [-0.4, -0.2) is 11.1 Å². The summed E-state index contributed by atoms with van der Waals surface area (Å²) in [6.45, 7) is 3.69. The van der Waals surface area contributed by atoms with Crippen molar-refractivity contribution in [1.29, 1.82) is 0 Å². The number of aliphatic carboxylic acids is 1. The standard InChI is InChI=1S/C13H16O2/c1-2-11-7-9-12(10-8-11)5-3-4-6-13(14)15/h2,7-10H,1,3-6H2,(H,14,15). The van der Waals surface area contributed by atoms with Crippen molar-refractivity contribution in [3.8, 4) is 0 Å². The van der Waals surface area contributed by atoms with Crippen LogP contribution >= 0.6 is 0 Å². The summed E-state index contributed by atoms with van der Waals surface area (Å²) in [7, 11) is 0. The largest absolute Gasteiger partial charge is 0.481 e. The third-order valence-corrected chi connectivity index (χ3v) is 2.32. The Hall–Kier alpha value is -1.57. The van der Waals surface area contributed by atoms with Gasteiger partial charge in [0.15, 0.2) is 0 Å². The molecule has 0 radical (unpaired) electrons. The van der Waals surface area contributed by atoms with Gasteiger partial charge in [-0.3, -0.25) is 4.79 Å². The number of carboxylic acid groups (broad SMARTS) is 1. The third-order valence-electron chi connectivity index (χ3n) is 2.32. The summed E-state index contributed by atoms with van der Waals surface area (Å²) in [5, 5.41) is 8.47. The van der Waals surface area contributed by atoms with Gasteiger partial charge in [-0.15, -0.1) is 0 Å². The Morgan fingerprint density at radius 3 is 2.47 bits per heavy atom. The molecular formula is C13H16O2. The molecule has 0 atom stereocenters. The summed E-state index contributed by atoms with van der Waals surface area (Å²) in [5.41, 5.74) is 2.37. The predicted octanol–water partition coefficient (Wildman–Crippen LogP) is 3.13. The van der Waals surface area contributed by atoms with Crippen molar-refractivity contribution in [2.75, 3.05) is 0 Å². The minimum absolute atomic E-state index is 0.269. The number of hydrogen-bond donors (Lipinski definition) is 1. The molecule has 0 aliphatic heterocycles. The summed E-state index contributed by atoms with van der Waals surface area (Å²) in [6, 6.07) is 8.19. The maximum absolute atomic E-state index is 10.3. The molecule has 0 aliphatic carbocycles. The molecule has 1 N–H and O–H groups in total. The second-order valence-electron chi connectivity index (χ2n) is 3.55. The van der Waals surface area contributed by atoms with Crippen LogP contribution in [0.5, 0.6) is 0 Å². The lowest BCUT2D eigenvalue weighted by Crippen LogP contribution is -1.94. The lowest BCUT2D eigenvalue weighted by molar-refractivity contribution is -0.137. The van der Waals surface area contributed by atoms with Crippen molar-refractivity contribution in [2.45, 2.75) is 25.7 Å². The highest BCUT2D eigenvalue weighted by atomic mass is 16.4. The molecule has 0 saturated heterocycles. The lowest BCUT2D eigenvalue weighted by Gasteiger charge is -2.01. The van der Waals surface area contributed by atoms with E-state index in [-0.39, 0.29) is 6.42 Å². The van der Waals surface area contributed by atoms with E-state index in [9.17, 15) is 4.79 Å². The highest BCUT2D eigenvalue weighted by Crippen LogP contribution is 2.09. The average molecular weight is 204 g/mol. The van der Waals surface area contributed by atoms with Crippen LogP contribution in [0.15, 0.2) is 30.8 Å². The first-order chi connectivity index (χ1) is 7.22. The minimum Gasteiger partial charge on any atom is -0.481 e. The second kappa shape index (κ2) is 6.02. The quantitative estimate of drug-likeness (QED) is 0.723. The van der Waals surface area contributed by atoms with Gasteiger partial charge in [-0.25, -0.2) is 0 Å². The van der Waals surface area contributed by atoms with Crippen LogP contribution < -0.4 is 0 Å². The zero-order valence-electron chi connectivity index (χ0n) is 8.78. The van der Waals surface area contributed by atoms with Crippen LogP contribution in [0.25, 0.3) is 6.08 Å². The monoisotopic (exact) mass is 204 g/mol. The van der Waals surface area contributed by atoms with E-state index in [1.54, 1.807) is 0 Å². The molecule has 0 heterocycles. The summed E-state index contributed by atoms with van der Waals surface area (Å²) in [6.07, 6.45) is 4.71. The molecule has 0 saturated carbocycles. The Bertz CT molecular complexity index is 325. The lowest BCUT2D eigenvalue weighted by atomic mass is 10.1. The number of unbranched alkanes of at least 4 members (excludes halogenated alkanes) is 1. The number of carbonyl (C=O) groups is 1. The van der Waals surface area contributed by atoms with E-state index < -0.39 is 5.97 Å². The molecule has 0 spiro atoms. The summed E-state index contributed by atoms with van der Waals surface area (Å²) in [5.74, 6) is -0.711. The first-order valence-corrected chi connectivity index (χ1v) is 5.15. The fourth-order valence-corrected chi connectivity index (χ4v) is 1.43. The number of rotatable bonds is 6. The number of benzene rings is 1. The van der Waals surface area contributed by atoms with Crippen molar-refractivity contribution in [1.82, 2.24) is 0 Å². The molecule has 0 fully saturated rings. The topological polar surface area (TPSA) is 37.3 Å². The maximum atomic E-state index is 10.3. The molecule has 0 amide bonds. The molecule has 15 heavy (non-hydrogen) atoms. The Kier molecular flexibility index (Phi) is 4.61. The fourth-order valence-electron chi connectivity index (χ4n) is 1.43. The molecule has 2 nitrogen and oxygen atoms in total. The highest BCUT2D eigenvalue weighted by Gasteiger charge is 1.97. The van der Waals surface area contributed by atoms with Crippen molar-refractivity contribution in [3.63, 3.8) is 0 Å². The van der Waals surface area contributed by atoms with Crippen LogP contribution in [0, 0.1) is 0 Å². The van der Waals surface area contributed by atoms with Crippen molar-refractivity contribution >= 4 is 12.0 Å². The Morgan fingerprint density at radius 2 is 1.93 bits per heavy atom. The number of carboxylic acids is 1. The minimum atomic E-state index is -0.711. The molecule has 2 heteroatoms. The van der Waals surface area contributed by atoms with E-state index in [2.05, 4.69) is 18.7 Å². The number of aryl methyl sites for hydroxylation is 1. The van der Waals surface area contributed by atoms with Crippen LogP contribution in [0.1, 0.15) is 30.4 Å². The SMILES string of the molecule is C=Cc1ccc(CCCCC(=O)O)cc1. The Morgan fingerprint density at radius 1 is 1.27 bits per heavy atom. The molecule has 0 aliphatic rings. The first-order valence-electron chi connectivity index (χ1n) is 5.15. The van der Waals surface area contributed by atoms with Gasteiger partial charge in [-0.05, 0) is 30.4 Å². The van der Waals surface area contributed by atoms with Gasteiger partial charge in [0.05, 0.1) is 0 Å². The predicted molar refractivity (Wildman–Crippen MR) is 61.7 cm³/mol. The Labute approximate surface area is 90.3 Å². The molecule has 1 rings (SSSR count). The Balaban J connectivity index is 2.31. The summed E-state index contributed by atoms with van der Waals surface area (Å²) in [4.78, 5) is 10.3. The van der Waals surface area contributed by atoms with Gasteiger partial charge in [0.1, 0.15) is 0 Å². The smallest absolute Gasteiger partial charge is 0.303 e. The maximum Gasteiger partial charge on any atom is 0.303 e. The van der Waals surface area contributed by atoms with Crippen LogP contribution in [0.3, 0.4) is 0 Å². The molecule has 1 aromatic rings. The van der Waals surface area contributed by atoms with E-state index in [0.29, 0.717) is 0 Å². The van der Waals surface area contributed by atoms with E-state index in [1.165, 1.54) is 5.56 Å². The number of hydrogen-bond acceptors (Lipinski definition) is 1. The van der Waals surface area contributed by atoms with Gasteiger partial charge >= 0.3 is 5.97 Å². The van der Waals surface area contributed by atoms with E-state index in [4.69, 9.17) is 5.11 Å². The van der Waals surface area contributed by atoms with Crippen molar-refractivity contribution in [2.24, 2.45) is 0 Å². The fraction of sp³-hybridized carbons (Fsp3) is 0.308. The van der Waals surface area contributed by atoms with Gasteiger partial charge in [0, 0.05) is 6.42 Å². The zero-order chi connectivity index (χ0) is 11.1. The van der Waals surface area contributed by atoms with Gasteiger partial charge in [0.25, 0.3) is 0 Å². The van der Waals surface area contributed by atoms with E-state index in [0.717, 1.165) is 24.8 Å². The molecule has 0 unspecified atom stereocenters. The highest BCUT2D eigenvalue weighted by molar-refractivity contribution is 5.66. The molecule has 0 bridgehead atoms. The van der Waals surface area contributed by atoms with Crippen molar-refractivity contribution in [3.05, 3.63) is 42.0 Å². The van der Waals surface area contributed by atoms with Gasteiger partial charge in [-0.1, -0.05) is 36.9 Å². The zero-order valence-corrected chi connectivity index (χ0v) is 8.78. The van der Waals surface area contributed by atoms with Gasteiger partial charge in [-0.2, -0.15) is 0 Å². The first kappa shape index (κ1) is 11.5. The van der Waals surface area contributed by atoms with Crippen LogP contribution in [0.4, 0.5) is 0 Å². The molecular weight excluding hydrogens is 188 g/mol. The second-order valence-corrected chi connectivity index (χ2v) is 3.55. The van der Waals surface area contributed by atoms with Crippen LogP contribution in [0.2, 0.25) is 0 Å². The van der Waals surface area contributed by atoms with Crippen LogP contribution in [-0.2, 0) is 11.2 Å². The van der Waals surface area contributed by atoms with Crippen molar-refractivity contribution < 1.29 is 9.90 Å². The molecule has 0 aromatic heterocycles.